The van der Waals surface area contributed by atoms with Gasteiger partial charge in [0.2, 0.25) is 5.91 Å². The highest BCUT2D eigenvalue weighted by Gasteiger charge is 2.49. The highest BCUT2D eigenvalue weighted by Crippen LogP contribution is 2.32. The van der Waals surface area contributed by atoms with E-state index in [0.29, 0.717) is 11.9 Å². The summed E-state index contributed by atoms with van der Waals surface area (Å²) in [6, 6.07) is -2.02. The minimum absolute atomic E-state index is 0.136. The molecule has 1 aliphatic heterocycles. The summed E-state index contributed by atoms with van der Waals surface area (Å²) in [5, 5.41) is 22.8. The average Bonchev–Trinajstić information content (AvgIpc) is 3.24. The minimum atomic E-state index is -1.48. The van der Waals surface area contributed by atoms with Gasteiger partial charge in [-0.1, -0.05) is 0 Å². The maximum atomic E-state index is 12.4. The van der Waals surface area contributed by atoms with E-state index < -0.39 is 42.4 Å². The highest BCUT2D eigenvalue weighted by molar-refractivity contribution is 7.98. The Labute approximate surface area is 170 Å². The van der Waals surface area contributed by atoms with Crippen LogP contribution in [0.15, 0.2) is 12.7 Å². The van der Waals surface area contributed by atoms with Crippen LogP contribution in [0.1, 0.15) is 19.1 Å². The lowest BCUT2D eigenvalue weighted by molar-refractivity contribution is -0.152. The Bertz CT molecular complexity index is 894. The summed E-state index contributed by atoms with van der Waals surface area (Å²) in [6.07, 6.45) is 1.68. The van der Waals surface area contributed by atoms with Gasteiger partial charge in [-0.3, -0.25) is 9.36 Å². The molecule has 0 saturated carbocycles. The molecule has 0 spiro atoms. The van der Waals surface area contributed by atoms with Gasteiger partial charge < -0.3 is 31.7 Å². The van der Waals surface area contributed by atoms with Crippen molar-refractivity contribution in [2.45, 2.75) is 43.4 Å². The Hall–Kier alpha value is -2.48. The fourth-order valence-electron chi connectivity index (χ4n) is 3.18. The van der Waals surface area contributed by atoms with E-state index in [0.717, 1.165) is 12.2 Å². The lowest BCUT2D eigenvalue weighted by Gasteiger charge is -2.22. The van der Waals surface area contributed by atoms with Crippen LogP contribution in [0.2, 0.25) is 0 Å². The number of nitrogens with one attached hydrogen (secondary N) is 1. The van der Waals surface area contributed by atoms with Gasteiger partial charge in [0.05, 0.1) is 18.4 Å². The molecule has 3 heterocycles. The largest absolute Gasteiger partial charge is 0.479 e. The Morgan fingerprint density at radius 1 is 1.41 bits per heavy atom. The monoisotopic (exact) mass is 425 g/mol. The molecule has 13 heteroatoms. The zero-order chi connectivity index (χ0) is 21.1. The number of nitrogen functional groups attached to an aromatic ring is 1. The highest BCUT2D eigenvalue weighted by atomic mass is 32.2. The number of rotatable bonds is 8. The first-order chi connectivity index (χ1) is 13.8. The summed E-state index contributed by atoms with van der Waals surface area (Å²) >= 11 is 1.64. The Kier molecular flexibility index (Phi) is 6.52. The molecule has 0 aliphatic carbocycles. The number of ether oxygens (including phenoxy) is 1. The van der Waals surface area contributed by atoms with E-state index >= 15 is 0 Å². The third-order valence-electron chi connectivity index (χ3n) is 4.69. The summed E-state index contributed by atoms with van der Waals surface area (Å²) in [7, 11) is 0. The summed E-state index contributed by atoms with van der Waals surface area (Å²) in [6.45, 7) is 0. The van der Waals surface area contributed by atoms with Crippen LogP contribution in [0.25, 0.3) is 11.2 Å². The lowest BCUT2D eigenvalue weighted by atomic mass is 10.1. The number of nitrogens with zero attached hydrogens (tertiary/aromatic N) is 4. The molecule has 1 aliphatic rings. The second kappa shape index (κ2) is 8.90. The summed E-state index contributed by atoms with van der Waals surface area (Å²) in [4.78, 5) is 36.1. The molecule has 2 aromatic rings. The third kappa shape index (κ3) is 4.27. The molecular formula is C16H23N7O5S. The quantitative estimate of drug-likeness (QED) is 0.316. The number of aliphatic hydroxyl groups is 1. The number of carboxylic acids is 1. The van der Waals surface area contributed by atoms with Crippen LogP contribution in [0.4, 0.5) is 5.82 Å². The number of hydrogen-bond donors (Lipinski definition) is 5. The number of fused-ring (bicyclic) bond motifs is 1. The van der Waals surface area contributed by atoms with Crippen LogP contribution in [-0.4, -0.2) is 77.9 Å². The fourth-order valence-corrected chi connectivity index (χ4v) is 3.64. The van der Waals surface area contributed by atoms with E-state index in [-0.39, 0.29) is 11.5 Å². The smallest absolute Gasteiger partial charge is 0.335 e. The van der Waals surface area contributed by atoms with E-state index in [9.17, 15) is 19.8 Å². The molecule has 0 aromatic carbocycles. The molecule has 5 atom stereocenters. The maximum absolute atomic E-state index is 12.4. The first kappa shape index (κ1) is 21.2. The van der Waals surface area contributed by atoms with Gasteiger partial charge in [-0.15, -0.1) is 0 Å². The van der Waals surface area contributed by atoms with Crippen molar-refractivity contribution in [2.75, 3.05) is 17.7 Å². The molecule has 3 rings (SSSR count). The van der Waals surface area contributed by atoms with Crippen molar-refractivity contribution < 1.29 is 24.5 Å². The van der Waals surface area contributed by atoms with Crippen LogP contribution in [0, 0.1) is 0 Å². The molecule has 2 aromatic heterocycles. The van der Waals surface area contributed by atoms with Crippen LogP contribution in [0.5, 0.6) is 0 Å². The number of thioether (sulfide) groups is 1. The number of imidazole rings is 1. The Balaban J connectivity index is 1.80. The first-order valence-electron chi connectivity index (χ1n) is 8.89. The molecule has 29 heavy (non-hydrogen) atoms. The number of hydrogen-bond acceptors (Lipinski definition) is 10. The van der Waals surface area contributed by atoms with Crippen molar-refractivity contribution in [3.8, 4) is 0 Å². The molecule has 0 bridgehead atoms. The minimum Gasteiger partial charge on any atom is -0.479 e. The predicted octanol–water partition coefficient (Wildman–Crippen LogP) is -1.29. The fraction of sp³-hybridized carbons (Fsp3) is 0.562. The lowest BCUT2D eigenvalue weighted by Crippen LogP contribution is -2.54. The van der Waals surface area contributed by atoms with Crippen molar-refractivity contribution in [3.63, 3.8) is 0 Å². The molecule has 1 saturated heterocycles. The van der Waals surface area contributed by atoms with E-state index in [1.54, 1.807) is 11.8 Å². The van der Waals surface area contributed by atoms with Crippen LogP contribution < -0.4 is 16.8 Å². The zero-order valence-corrected chi connectivity index (χ0v) is 16.5. The third-order valence-corrected chi connectivity index (χ3v) is 5.38. The average molecular weight is 425 g/mol. The molecule has 1 fully saturated rings. The van der Waals surface area contributed by atoms with Crippen LogP contribution in [0.3, 0.4) is 0 Å². The maximum Gasteiger partial charge on any atom is 0.335 e. The second-order valence-corrected chi connectivity index (χ2v) is 7.62. The van der Waals surface area contributed by atoms with Gasteiger partial charge in [-0.25, -0.2) is 19.7 Å². The Morgan fingerprint density at radius 3 is 2.86 bits per heavy atom. The molecule has 5 unspecified atom stereocenters. The molecule has 12 nitrogen and oxygen atoms in total. The number of carboxylic acid groups (broad SMARTS) is 1. The number of aromatic nitrogens is 4. The van der Waals surface area contributed by atoms with Crippen LogP contribution in [-0.2, 0) is 14.3 Å². The second-order valence-electron chi connectivity index (χ2n) is 6.63. The van der Waals surface area contributed by atoms with E-state index in [4.69, 9.17) is 16.2 Å². The van der Waals surface area contributed by atoms with Crippen molar-refractivity contribution in [1.29, 1.82) is 0 Å². The van der Waals surface area contributed by atoms with Gasteiger partial charge in [-0.05, 0) is 24.9 Å². The summed E-state index contributed by atoms with van der Waals surface area (Å²) < 4.78 is 6.89. The number of anilines is 1. The summed E-state index contributed by atoms with van der Waals surface area (Å²) in [5.74, 6) is -0.884. The predicted molar refractivity (Wildman–Crippen MR) is 105 cm³/mol. The number of aliphatic hydroxyl groups excluding tert-OH is 1. The van der Waals surface area contributed by atoms with Gasteiger partial charge in [0.25, 0.3) is 0 Å². The summed E-state index contributed by atoms with van der Waals surface area (Å²) in [5.41, 5.74) is 12.2. The molecule has 0 radical (unpaired) electrons. The number of aliphatic carboxylic acids is 1. The van der Waals surface area contributed by atoms with Gasteiger partial charge in [0.15, 0.2) is 23.8 Å². The van der Waals surface area contributed by atoms with Gasteiger partial charge in [0, 0.05) is 0 Å². The molecule has 1 amide bonds. The number of carbonyl (C=O) groups is 2. The molecule has 158 valence electrons. The number of nitrogens with two attached hydrogens (primary N) is 2. The van der Waals surface area contributed by atoms with Crippen molar-refractivity contribution >= 4 is 40.6 Å². The van der Waals surface area contributed by atoms with Gasteiger partial charge >= 0.3 is 5.97 Å². The standard InChI is InChI=1S/C16H23N7O5S/c1-29-4-2-3-7(17)14(25)22-8-10(24)15(28-11(8)16(26)27)23-6-21-9-12(18)19-5-20-13(9)23/h5-8,10-11,15,24H,2-4,17H2,1H3,(H,22,25)(H,26,27)(H2,18,19,20). The topological polar surface area (TPSA) is 191 Å². The van der Waals surface area contributed by atoms with Crippen molar-refractivity contribution in [2.24, 2.45) is 5.73 Å². The first-order valence-corrected chi connectivity index (χ1v) is 10.3. The van der Waals surface area contributed by atoms with E-state index in [2.05, 4.69) is 20.3 Å². The molecule has 7 N–H and O–H groups in total. The van der Waals surface area contributed by atoms with E-state index in [1.807, 2.05) is 6.26 Å². The zero-order valence-electron chi connectivity index (χ0n) is 15.6. The molecular weight excluding hydrogens is 402 g/mol. The number of amides is 1. The van der Waals surface area contributed by atoms with E-state index in [1.165, 1.54) is 17.2 Å². The van der Waals surface area contributed by atoms with Crippen molar-refractivity contribution in [3.05, 3.63) is 12.7 Å². The van der Waals surface area contributed by atoms with Gasteiger partial charge in [0.1, 0.15) is 17.9 Å². The van der Waals surface area contributed by atoms with Crippen molar-refractivity contribution in [1.82, 2.24) is 24.8 Å². The normalized spacial score (nSPS) is 25.2. The van der Waals surface area contributed by atoms with Crippen LogP contribution >= 0.6 is 11.8 Å². The Morgan fingerprint density at radius 2 is 2.17 bits per heavy atom. The number of carbonyl (C=O) groups excluding carboxylic acids is 1. The van der Waals surface area contributed by atoms with Gasteiger partial charge in [-0.2, -0.15) is 11.8 Å². The SMILES string of the molecule is CSCCCC(N)C(=O)NC1C(C(=O)O)OC(n2cnc3c(N)ncnc32)C1O.